The van der Waals surface area contributed by atoms with Gasteiger partial charge in [-0.05, 0) is 19.1 Å². The van der Waals surface area contributed by atoms with E-state index in [1.165, 1.54) is 24.3 Å². The van der Waals surface area contributed by atoms with Crippen LogP contribution in [0.1, 0.15) is 17.4 Å². The molecule has 0 fully saturated rings. The Bertz CT molecular complexity index is 652. The average molecular weight is 247 g/mol. The van der Waals surface area contributed by atoms with Crippen LogP contribution in [0, 0.1) is 18.3 Å². The Hall–Kier alpha value is -2.06. The normalized spacial score (nSPS) is 10.2. The second kappa shape index (κ2) is 4.07. The number of esters is 1. The van der Waals surface area contributed by atoms with E-state index < -0.39 is 5.97 Å². The quantitative estimate of drug-likeness (QED) is 0.786. The van der Waals surface area contributed by atoms with Gasteiger partial charge in [0, 0.05) is 16.5 Å². The zero-order valence-electron chi connectivity index (χ0n) is 9.27. The van der Waals surface area contributed by atoms with Crippen molar-refractivity contribution >= 4 is 27.4 Å². The largest absolute Gasteiger partial charge is 0.508 e. The molecule has 0 aliphatic heterocycles. The molecule has 5 heteroatoms. The molecule has 4 nitrogen and oxygen atoms in total. The summed E-state index contributed by atoms with van der Waals surface area (Å²) < 4.78 is 5.85. The summed E-state index contributed by atoms with van der Waals surface area (Å²) >= 11 is 1.38. The van der Waals surface area contributed by atoms with Crippen molar-refractivity contribution in [3.05, 3.63) is 22.6 Å². The predicted molar refractivity (Wildman–Crippen MR) is 64.3 cm³/mol. The van der Waals surface area contributed by atoms with Gasteiger partial charge in [-0.2, -0.15) is 5.26 Å². The number of carbonyl (C=O) groups excluding carboxylic acids is 1. The molecule has 1 aromatic heterocycles. The second-order valence-corrected chi connectivity index (χ2v) is 4.82. The highest BCUT2D eigenvalue weighted by Gasteiger charge is 2.16. The maximum absolute atomic E-state index is 11.0. The fourth-order valence-corrected chi connectivity index (χ4v) is 2.71. The van der Waals surface area contributed by atoms with E-state index >= 15 is 0 Å². The molecule has 2 aromatic rings. The lowest BCUT2D eigenvalue weighted by Crippen LogP contribution is -2.01. The summed E-state index contributed by atoms with van der Waals surface area (Å²) in [4.78, 5) is 11.8. The molecule has 0 aliphatic rings. The average Bonchev–Trinajstić information content (AvgIpc) is 2.53. The van der Waals surface area contributed by atoms with E-state index in [1.54, 1.807) is 13.0 Å². The third-order valence-electron chi connectivity index (χ3n) is 2.26. The molecular formula is C12H9NO3S. The molecule has 1 N–H and O–H groups in total. The predicted octanol–water partition coefficient (Wildman–Crippen LogP) is 2.71. The lowest BCUT2D eigenvalue weighted by atomic mass is 10.1. The molecule has 0 atom stereocenters. The minimum Gasteiger partial charge on any atom is -0.508 e. The maximum Gasteiger partial charge on any atom is 0.308 e. The van der Waals surface area contributed by atoms with Crippen LogP contribution in [0.15, 0.2) is 12.1 Å². The van der Waals surface area contributed by atoms with Crippen molar-refractivity contribution in [1.29, 1.82) is 5.26 Å². The minimum atomic E-state index is -0.426. The lowest BCUT2D eigenvalue weighted by Gasteiger charge is -2.02. The Labute approximate surface area is 102 Å². The van der Waals surface area contributed by atoms with E-state index in [1.807, 2.05) is 6.07 Å². The van der Waals surface area contributed by atoms with Crippen molar-refractivity contribution in [2.75, 3.05) is 0 Å². The SMILES string of the molecule is CC(=O)Oc1c(C)sc2cc(O)cc(C#N)c12. The first-order chi connectivity index (χ1) is 8.02. The smallest absolute Gasteiger partial charge is 0.308 e. The Balaban J connectivity index is 2.80. The summed E-state index contributed by atoms with van der Waals surface area (Å²) in [5, 5.41) is 19.1. The molecule has 86 valence electrons. The minimum absolute atomic E-state index is 0.0321. The number of hydrogen-bond donors (Lipinski definition) is 1. The summed E-state index contributed by atoms with van der Waals surface area (Å²) in [6, 6.07) is 4.91. The van der Waals surface area contributed by atoms with Gasteiger partial charge in [0.15, 0.2) is 5.75 Å². The second-order valence-electron chi connectivity index (χ2n) is 3.56. The molecule has 0 bridgehead atoms. The monoisotopic (exact) mass is 247 g/mol. The van der Waals surface area contributed by atoms with Crippen LogP contribution in [0.3, 0.4) is 0 Å². The van der Waals surface area contributed by atoms with E-state index in [9.17, 15) is 9.90 Å². The summed E-state index contributed by atoms with van der Waals surface area (Å²) in [7, 11) is 0. The van der Waals surface area contributed by atoms with Gasteiger partial charge in [-0.3, -0.25) is 4.79 Å². The topological polar surface area (TPSA) is 70.3 Å². The molecule has 1 aromatic carbocycles. The van der Waals surface area contributed by atoms with Gasteiger partial charge in [0.25, 0.3) is 0 Å². The molecule has 0 saturated heterocycles. The molecule has 17 heavy (non-hydrogen) atoms. The number of benzene rings is 1. The number of carbonyl (C=O) groups is 1. The highest BCUT2D eigenvalue weighted by atomic mass is 32.1. The van der Waals surface area contributed by atoms with Gasteiger partial charge in [-0.15, -0.1) is 11.3 Å². The van der Waals surface area contributed by atoms with Gasteiger partial charge in [-0.1, -0.05) is 0 Å². The number of phenols is 1. The van der Waals surface area contributed by atoms with Gasteiger partial charge in [0.2, 0.25) is 0 Å². The molecule has 2 rings (SSSR count). The molecule has 0 radical (unpaired) electrons. The van der Waals surface area contributed by atoms with Gasteiger partial charge in [-0.25, -0.2) is 0 Å². The number of fused-ring (bicyclic) bond motifs is 1. The molecular weight excluding hydrogens is 238 g/mol. The lowest BCUT2D eigenvalue weighted by molar-refractivity contribution is -0.131. The first-order valence-corrected chi connectivity index (χ1v) is 5.69. The van der Waals surface area contributed by atoms with E-state index in [4.69, 9.17) is 10.00 Å². The van der Waals surface area contributed by atoms with E-state index in [0.717, 1.165) is 9.58 Å². The first kappa shape index (κ1) is 11.4. The molecule has 0 amide bonds. The van der Waals surface area contributed by atoms with Gasteiger partial charge in [0.1, 0.15) is 11.8 Å². The molecule has 0 unspecified atom stereocenters. The van der Waals surface area contributed by atoms with Crippen LogP contribution in [-0.2, 0) is 4.79 Å². The van der Waals surface area contributed by atoms with E-state index in [0.29, 0.717) is 16.7 Å². The summed E-state index contributed by atoms with van der Waals surface area (Å²) in [6.45, 7) is 3.12. The van der Waals surface area contributed by atoms with Crippen molar-refractivity contribution in [2.24, 2.45) is 0 Å². The maximum atomic E-state index is 11.0. The Morgan fingerprint density at radius 3 is 2.82 bits per heavy atom. The van der Waals surface area contributed by atoms with Crippen LogP contribution >= 0.6 is 11.3 Å². The fourth-order valence-electron chi connectivity index (χ4n) is 1.66. The first-order valence-electron chi connectivity index (χ1n) is 4.87. The molecule has 0 spiro atoms. The van der Waals surface area contributed by atoms with Gasteiger partial charge < -0.3 is 9.84 Å². The highest BCUT2D eigenvalue weighted by molar-refractivity contribution is 7.19. The number of phenolic OH excluding ortho intramolecular Hbond substituents is 1. The third kappa shape index (κ3) is 1.95. The zero-order valence-corrected chi connectivity index (χ0v) is 10.1. The van der Waals surface area contributed by atoms with Crippen LogP contribution in [0.25, 0.3) is 10.1 Å². The number of ether oxygens (including phenoxy) is 1. The van der Waals surface area contributed by atoms with Crippen LogP contribution in [-0.4, -0.2) is 11.1 Å². The standard InChI is InChI=1S/C12H9NO3S/c1-6-12(16-7(2)14)11-8(5-13)3-9(15)4-10(11)17-6/h3-4,15H,1-2H3. The van der Waals surface area contributed by atoms with Crippen LogP contribution in [0.2, 0.25) is 0 Å². The number of aromatic hydroxyl groups is 1. The van der Waals surface area contributed by atoms with Crippen molar-refractivity contribution < 1.29 is 14.6 Å². The zero-order chi connectivity index (χ0) is 12.6. The number of nitrogens with zero attached hydrogens (tertiary/aromatic N) is 1. The number of nitriles is 1. The Kier molecular flexibility index (Phi) is 2.74. The van der Waals surface area contributed by atoms with Gasteiger partial charge >= 0.3 is 5.97 Å². The Morgan fingerprint density at radius 2 is 2.24 bits per heavy atom. The van der Waals surface area contributed by atoms with Crippen molar-refractivity contribution in [3.8, 4) is 17.6 Å². The van der Waals surface area contributed by atoms with Crippen LogP contribution < -0.4 is 4.74 Å². The van der Waals surface area contributed by atoms with Gasteiger partial charge in [0.05, 0.1) is 10.9 Å². The van der Waals surface area contributed by atoms with Crippen molar-refractivity contribution in [1.82, 2.24) is 0 Å². The number of hydrogen-bond acceptors (Lipinski definition) is 5. The molecule has 1 heterocycles. The number of thiophene rings is 1. The van der Waals surface area contributed by atoms with E-state index in [-0.39, 0.29) is 5.75 Å². The molecule has 0 aliphatic carbocycles. The molecule has 0 saturated carbocycles. The van der Waals surface area contributed by atoms with E-state index in [2.05, 4.69) is 0 Å². The third-order valence-corrected chi connectivity index (χ3v) is 3.30. The number of rotatable bonds is 1. The summed E-state index contributed by atoms with van der Waals surface area (Å²) in [5.74, 6) is 0.0171. The Morgan fingerprint density at radius 1 is 1.53 bits per heavy atom. The fraction of sp³-hybridized carbons (Fsp3) is 0.167. The summed E-state index contributed by atoms with van der Waals surface area (Å²) in [6.07, 6.45) is 0. The van der Waals surface area contributed by atoms with Crippen LogP contribution in [0.4, 0.5) is 0 Å². The van der Waals surface area contributed by atoms with Crippen LogP contribution in [0.5, 0.6) is 11.5 Å². The number of aryl methyl sites for hydroxylation is 1. The highest BCUT2D eigenvalue weighted by Crippen LogP contribution is 2.41. The summed E-state index contributed by atoms with van der Waals surface area (Å²) in [5.41, 5.74) is 0.306. The van der Waals surface area contributed by atoms with Crippen molar-refractivity contribution in [3.63, 3.8) is 0 Å². The van der Waals surface area contributed by atoms with Crippen molar-refractivity contribution in [2.45, 2.75) is 13.8 Å².